The average molecular weight is 306 g/mol. The lowest BCUT2D eigenvalue weighted by Crippen LogP contribution is -2.51. The molecule has 6 atom stereocenters. The highest BCUT2D eigenvalue weighted by molar-refractivity contribution is 5.87. The second kappa shape index (κ2) is 4.58. The van der Waals surface area contributed by atoms with Gasteiger partial charge in [-0.15, -0.1) is 0 Å². The van der Waals surface area contributed by atoms with Crippen molar-refractivity contribution >= 4 is 5.78 Å². The average Bonchev–Trinajstić information content (AvgIpc) is 2.77. The number of aliphatic hydroxyl groups excluding tert-OH is 1. The van der Waals surface area contributed by atoms with Crippen LogP contribution >= 0.6 is 0 Å². The minimum atomic E-state index is -0.788. The van der Waals surface area contributed by atoms with Gasteiger partial charge < -0.3 is 5.11 Å². The van der Waals surface area contributed by atoms with Crippen LogP contribution in [0, 0.1) is 28.6 Å². The first-order valence-corrected chi connectivity index (χ1v) is 8.95. The van der Waals surface area contributed by atoms with E-state index < -0.39 is 6.17 Å². The van der Waals surface area contributed by atoms with Crippen molar-refractivity contribution in [2.24, 2.45) is 28.6 Å². The van der Waals surface area contributed by atoms with Gasteiger partial charge in [0.2, 0.25) is 0 Å². The summed E-state index contributed by atoms with van der Waals surface area (Å²) < 4.78 is 13.9. The highest BCUT2D eigenvalue weighted by atomic mass is 19.1. The first-order valence-electron chi connectivity index (χ1n) is 8.95. The molecule has 0 radical (unpaired) electrons. The second-order valence-electron chi connectivity index (χ2n) is 8.68. The number of fused-ring (bicyclic) bond motifs is 5. The molecule has 0 spiro atoms. The van der Waals surface area contributed by atoms with Gasteiger partial charge in [-0.05, 0) is 60.8 Å². The molecule has 0 aromatic rings. The molecule has 0 aromatic carbocycles. The summed E-state index contributed by atoms with van der Waals surface area (Å²) in [6.07, 6.45) is 5.54. The molecule has 0 aromatic heterocycles. The van der Waals surface area contributed by atoms with Crippen molar-refractivity contribution in [3.63, 3.8) is 0 Å². The molecule has 1 N–H and O–H groups in total. The van der Waals surface area contributed by atoms with Gasteiger partial charge >= 0.3 is 0 Å². The molecule has 4 aliphatic carbocycles. The van der Waals surface area contributed by atoms with Crippen LogP contribution in [0.1, 0.15) is 65.2 Å². The molecular formula is C19H27FO2. The monoisotopic (exact) mass is 306 g/mol. The van der Waals surface area contributed by atoms with Crippen LogP contribution in [0.25, 0.3) is 0 Å². The van der Waals surface area contributed by atoms with Crippen molar-refractivity contribution < 1.29 is 14.3 Å². The number of alkyl halides is 1. The number of allylic oxidation sites excluding steroid dienone is 2. The van der Waals surface area contributed by atoms with E-state index >= 15 is 0 Å². The Balaban J connectivity index is 1.74. The van der Waals surface area contributed by atoms with E-state index in [1.54, 1.807) is 0 Å². The molecule has 122 valence electrons. The maximum atomic E-state index is 13.9. The quantitative estimate of drug-likeness (QED) is 0.701. The summed E-state index contributed by atoms with van der Waals surface area (Å²) in [4.78, 5) is 12.4. The van der Waals surface area contributed by atoms with E-state index in [1.165, 1.54) is 0 Å². The molecule has 0 saturated heterocycles. The summed E-state index contributed by atoms with van der Waals surface area (Å²) in [5.74, 6) is 2.24. The minimum Gasteiger partial charge on any atom is -0.512 e. The van der Waals surface area contributed by atoms with Crippen LogP contribution in [0.3, 0.4) is 0 Å². The number of halogens is 1. The summed E-state index contributed by atoms with van der Waals surface area (Å²) in [5, 5.41) is 10.6. The van der Waals surface area contributed by atoms with Crippen molar-refractivity contribution in [1.29, 1.82) is 0 Å². The van der Waals surface area contributed by atoms with E-state index in [9.17, 15) is 14.3 Å². The molecule has 4 rings (SSSR count). The van der Waals surface area contributed by atoms with Crippen LogP contribution < -0.4 is 0 Å². The fraction of sp³-hybridized carbons (Fsp3) is 0.842. The number of ketones is 1. The maximum absolute atomic E-state index is 13.9. The van der Waals surface area contributed by atoms with Crippen LogP contribution in [0.5, 0.6) is 0 Å². The number of Topliss-reactive ketones (excluding diaryl/α,β-unsaturated/α-hetero) is 1. The van der Waals surface area contributed by atoms with Gasteiger partial charge in [0.15, 0.2) is 0 Å². The molecule has 2 nitrogen and oxygen atoms in total. The van der Waals surface area contributed by atoms with E-state index in [0.29, 0.717) is 55.0 Å². The predicted molar refractivity (Wildman–Crippen MR) is 83.2 cm³/mol. The minimum absolute atomic E-state index is 0.0391. The Hall–Kier alpha value is -0.860. The number of aliphatic hydroxyl groups is 1. The Kier molecular flexibility index (Phi) is 3.06. The molecule has 3 fully saturated rings. The Labute approximate surface area is 132 Å². The lowest BCUT2D eigenvalue weighted by Gasteiger charge is -2.56. The fourth-order valence-corrected chi connectivity index (χ4v) is 6.50. The molecule has 3 heteroatoms. The Morgan fingerprint density at radius 3 is 2.50 bits per heavy atom. The fourth-order valence-electron chi connectivity index (χ4n) is 6.50. The highest BCUT2D eigenvalue weighted by Crippen LogP contribution is 2.65. The first-order chi connectivity index (χ1) is 10.4. The van der Waals surface area contributed by atoms with Crippen LogP contribution in [0.2, 0.25) is 0 Å². The van der Waals surface area contributed by atoms with E-state index in [4.69, 9.17) is 0 Å². The molecule has 0 aliphatic heterocycles. The van der Waals surface area contributed by atoms with Crippen molar-refractivity contribution in [2.45, 2.75) is 71.4 Å². The lowest BCUT2D eigenvalue weighted by atomic mass is 9.48. The van der Waals surface area contributed by atoms with Gasteiger partial charge in [-0.2, -0.15) is 0 Å². The standard InChI is InChI=1S/C19H27FO2/c1-18-7-5-11(20)9-15(18)16(21)10-12-13-3-4-17(22)19(13,2)8-6-14(12)18/h11-14,21H,3-10H2,1-2H3/t11?,12-,13-,14-,18+,19-/m0/s1. The number of carbonyl (C=O) groups is 1. The normalized spacial score (nSPS) is 51.3. The van der Waals surface area contributed by atoms with Gasteiger partial charge in [-0.1, -0.05) is 13.8 Å². The van der Waals surface area contributed by atoms with Crippen molar-refractivity contribution in [3.8, 4) is 0 Å². The molecule has 4 aliphatic rings. The summed E-state index contributed by atoms with van der Waals surface area (Å²) in [5.41, 5.74) is 0.801. The third-order valence-electron chi connectivity index (χ3n) is 7.83. The van der Waals surface area contributed by atoms with Crippen LogP contribution in [-0.2, 0) is 4.79 Å². The number of carbonyl (C=O) groups excluding carboxylic acids is 1. The summed E-state index contributed by atoms with van der Waals surface area (Å²) in [6.45, 7) is 4.40. The largest absolute Gasteiger partial charge is 0.512 e. The zero-order chi connectivity index (χ0) is 15.7. The SMILES string of the molecule is C[C@]12CCC(F)CC1=C(O)C[C@@H]1[C@@H]2CC[C@]2(C)C(=O)CC[C@@H]12. The number of hydrogen-bond donors (Lipinski definition) is 1. The maximum Gasteiger partial charge on any atom is 0.139 e. The topological polar surface area (TPSA) is 37.3 Å². The first kappa shape index (κ1) is 14.7. The molecule has 0 bridgehead atoms. The molecular weight excluding hydrogens is 279 g/mol. The van der Waals surface area contributed by atoms with Crippen LogP contribution in [-0.4, -0.2) is 17.1 Å². The van der Waals surface area contributed by atoms with Crippen molar-refractivity contribution in [2.75, 3.05) is 0 Å². The molecule has 1 unspecified atom stereocenters. The van der Waals surface area contributed by atoms with E-state index in [2.05, 4.69) is 13.8 Å². The highest BCUT2D eigenvalue weighted by Gasteiger charge is 2.59. The number of hydrogen-bond acceptors (Lipinski definition) is 2. The van der Waals surface area contributed by atoms with Gasteiger partial charge in [-0.25, -0.2) is 4.39 Å². The van der Waals surface area contributed by atoms with E-state index in [-0.39, 0.29) is 10.8 Å². The summed E-state index contributed by atoms with van der Waals surface area (Å²) >= 11 is 0. The van der Waals surface area contributed by atoms with Crippen LogP contribution in [0.4, 0.5) is 4.39 Å². The van der Waals surface area contributed by atoms with Crippen LogP contribution in [0.15, 0.2) is 11.3 Å². The zero-order valence-corrected chi connectivity index (χ0v) is 13.7. The van der Waals surface area contributed by atoms with Crippen molar-refractivity contribution in [1.82, 2.24) is 0 Å². The molecule has 3 saturated carbocycles. The molecule has 0 heterocycles. The van der Waals surface area contributed by atoms with Gasteiger partial charge in [0.1, 0.15) is 12.0 Å². The summed E-state index contributed by atoms with van der Waals surface area (Å²) in [6, 6.07) is 0. The lowest BCUT2D eigenvalue weighted by molar-refractivity contribution is -0.132. The van der Waals surface area contributed by atoms with Gasteiger partial charge in [-0.3, -0.25) is 4.79 Å². The van der Waals surface area contributed by atoms with Gasteiger partial charge in [0.25, 0.3) is 0 Å². The molecule has 0 amide bonds. The van der Waals surface area contributed by atoms with Crippen molar-refractivity contribution in [3.05, 3.63) is 11.3 Å². The number of rotatable bonds is 0. The van der Waals surface area contributed by atoms with Gasteiger partial charge in [0, 0.05) is 24.7 Å². The van der Waals surface area contributed by atoms with E-state index in [0.717, 1.165) is 31.3 Å². The molecule has 22 heavy (non-hydrogen) atoms. The third kappa shape index (κ3) is 1.74. The second-order valence-corrected chi connectivity index (χ2v) is 8.68. The van der Waals surface area contributed by atoms with E-state index in [1.807, 2.05) is 0 Å². The Morgan fingerprint density at radius 1 is 1.05 bits per heavy atom. The third-order valence-corrected chi connectivity index (χ3v) is 7.83. The predicted octanol–water partition coefficient (Wildman–Crippen LogP) is 4.74. The summed E-state index contributed by atoms with van der Waals surface area (Å²) in [7, 11) is 0. The zero-order valence-electron chi connectivity index (χ0n) is 13.7. The Morgan fingerprint density at radius 2 is 1.73 bits per heavy atom. The van der Waals surface area contributed by atoms with Gasteiger partial charge in [0.05, 0.1) is 5.76 Å². The Bertz CT molecular complexity index is 554. The smallest absolute Gasteiger partial charge is 0.139 e.